The van der Waals surface area contributed by atoms with E-state index in [4.69, 9.17) is 0 Å². The Labute approximate surface area is 129 Å². The predicted octanol–water partition coefficient (Wildman–Crippen LogP) is 1.80. The number of benzene rings is 1. The second-order valence-electron chi connectivity index (χ2n) is 5.79. The normalized spacial score (nSPS) is 27.8. The lowest BCUT2D eigenvalue weighted by Crippen LogP contribution is -2.50. The third-order valence-electron chi connectivity index (χ3n) is 4.30. The van der Waals surface area contributed by atoms with Crippen LogP contribution >= 0.6 is 11.8 Å². The molecule has 2 amide bonds. The molecule has 0 bridgehead atoms. The Balaban J connectivity index is 1.55. The van der Waals surface area contributed by atoms with E-state index in [9.17, 15) is 9.59 Å². The number of nitrogens with one attached hydrogen (secondary N) is 1. The number of hydrogen-bond donors (Lipinski definition) is 1. The van der Waals surface area contributed by atoms with Crippen molar-refractivity contribution in [2.24, 2.45) is 0 Å². The van der Waals surface area contributed by atoms with Crippen molar-refractivity contribution in [1.29, 1.82) is 0 Å². The van der Waals surface area contributed by atoms with Crippen LogP contribution in [-0.4, -0.2) is 39.9 Å². The standard InChI is InChI=1S/C16H20N2O2S/c1-16-9-7-14(19)18(16)13(11-21-16)15(20)17-10-8-12-5-3-2-4-6-12/h2-6,13H,7-11H2,1H3,(H,17,20)/t13-,16+/m0/s1. The summed E-state index contributed by atoms with van der Waals surface area (Å²) in [5, 5.41) is 2.98. The van der Waals surface area contributed by atoms with Crippen molar-refractivity contribution in [1.82, 2.24) is 10.2 Å². The van der Waals surface area contributed by atoms with E-state index in [0.717, 1.165) is 12.8 Å². The summed E-state index contributed by atoms with van der Waals surface area (Å²) in [6, 6.07) is 9.79. The van der Waals surface area contributed by atoms with Gasteiger partial charge in [-0.1, -0.05) is 30.3 Å². The maximum atomic E-state index is 12.3. The van der Waals surface area contributed by atoms with E-state index in [1.165, 1.54) is 5.56 Å². The molecule has 0 saturated carbocycles. The zero-order valence-corrected chi connectivity index (χ0v) is 13.0. The van der Waals surface area contributed by atoms with Gasteiger partial charge in [-0.3, -0.25) is 9.59 Å². The highest BCUT2D eigenvalue weighted by Gasteiger charge is 2.52. The van der Waals surface area contributed by atoms with E-state index >= 15 is 0 Å². The van der Waals surface area contributed by atoms with Crippen LogP contribution in [0.2, 0.25) is 0 Å². The molecule has 0 unspecified atom stereocenters. The maximum absolute atomic E-state index is 12.3. The number of rotatable bonds is 4. The minimum absolute atomic E-state index is 0.0163. The maximum Gasteiger partial charge on any atom is 0.243 e. The first-order chi connectivity index (χ1) is 10.1. The highest BCUT2D eigenvalue weighted by atomic mass is 32.2. The summed E-state index contributed by atoms with van der Waals surface area (Å²) in [6.07, 6.45) is 2.24. The minimum Gasteiger partial charge on any atom is -0.354 e. The number of fused-ring (bicyclic) bond motifs is 1. The molecule has 0 aromatic heterocycles. The van der Waals surface area contributed by atoms with Crippen molar-refractivity contribution < 1.29 is 9.59 Å². The molecule has 5 heteroatoms. The summed E-state index contributed by atoms with van der Waals surface area (Å²) in [4.78, 5) is 26.0. The molecule has 2 fully saturated rings. The molecule has 1 N–H and O–H groups in total. The zero-order chi connectivity index (χ0) is 14.9. The van der Waals surface area contributed by atoms with Gasteiger partial charge in [0.05, 0.1) is 4.87 Å². The molecule has 2 atom stereocenters. The fourth-order valence-electron chi connectivity index (χ4n) is 3.11. The van der Waals surface area contributed by atoms with Gasteiger partial charge in [-0.05, 0) is 25.3 Å². The van der Waals surface area contributed by atoms with E-state index in [1.54, 1.807) is 16.7 Å². The lowest BCUT2D eigenvalue weighted by molar-refractivity contribution is -0.137. The second-order valence-corrected chi connectivity index (χ2v) is 7.29. The molecular formula is C16H20N2O2S. The Hall–Kier alpha value is -1.49. The Morgan fingerprint density at radius 1 is 1.43 bits per heavy atom. The van der Waals surface area contributed by atoms with Crippen LogP contribution in [0.5, 0.6) is 0 Å². The van der Waals surface area contributed by atoms with Crippen molar-refractivity contribution in [3.8, 4) is 0 Å². The Morgan fingerprint density at radius 2 is 2.19 bits per heavy atom. The highest BCUT2D eigenvalue weighted by molar-refractivity contribution is 8.01. The summed E-state index contributed by atoms with van der Waals surface area (Å²) < 4.78 is 0. The van der Waals surface area contributed by atoms with Crippen LogP contribution in [0.15, 0.2) is 30.3 Å². The third kappa shape index (κ3) is 2.79. The first-order valence-corrected chi connectivity index (χ1v) is 8.36. The average Bonchev–Trinajstić information content (AvgIpc) is 2.97. The SMILES string of the molecule is C[C@@]12CCC(=O)N1[C@H](C(=O)NCCc1ccccc1)CS2. The van der Waals surface area contributed by atoms with Crippen molar-refractivity contribution >= 4 is 23.6 Å². The number of hydrogen-bond acceptors (Lipinski definition) is 3. The molecule has 2 heterocycles. The Kier molecular flexibility index (Phi) is 3.93. The van der Waals surface area contributed by atoms with Crippen LogP contribution in [-0.2, 0) is 16.0 Å². The molecule has 21 heavy (non-hydrogen) atoms. The van der Waals surface area contributed by atoms with Gasteiger partial charge in [0.2, 0.25) is 11.8 Å². The van der Waals surface area contributed by atoms with Crippen molar-refractivity contribution in [2.45, 2.75) is 37.1 Å². The number of nitrogens with zero attached hydrogens (tertiary/aromatic N) is 1. The summed E-state index contributed by atoms with van der Waals surface area (Å²) in [6.45, 7) is 2.68. The van der Waals surface area contributed by atoms with Crippen molar-refractivity contribution in [2.75, 3.05) is 12.3 Å². The number of carbonyl (C=O) groups excluding carboxylic acids is 2. The van der Waals surface area contributed by atoms with Gasteiger partial charge < -0.3 is 10.2 Å². The second kappa shape index (κ2) is 5.72. The van der Waals surface area contributed by atoms with Crippen LogP contribution in [0.25, 0.3) is 0 Å². The molecule has 1 aromatic carbocycles. The van der Waals surface area contributed by atoms with Crippen LogP contribution in [0.4, 0.5) is 0 Å². The molecule has 4 nitrogen and oxygen atoms in total. The predicted molar refractivity (Wildman–Crippen MR) is 83.9 cm³/mol. The zero-order valence-electron chi connectivity index (χ0n) is 12.2. The van der Waals surface area contributed by atoms with Crippen LogP contribution < -0.4 is 5.32 Å². The first kappa shape index (κ1) is 14.4. The van der Waals surface area contributed by atoms with Gasteiger partial charge in [-0.25, -0.2) is 0 Å². The molecule has 2 saturated heterocycles. The van der Waals surface area contributed by atoms with Crippen molar-refractivity contribution in [3.63, 3.8) is 0 Å². The topological polar surface area (TPSA) is 49.4 Å². The molecule has 1 aromatic rings. The largest absolute Gasteiger partial charge is 0.354 e. The number of carbonyl (C=O) groups is 2. The van der Waals surface area contributed by atoms with Crippen LogP contribution in [0, 0.1) is 0 Å². The van der Waals surface area contributed by atoms with Gasteiger partial charge in [0.15, 0.2) is 0 Å². The highest BCUT2D eigenvalue weighted by Crippen LogP contribution is 2.47. The summed E-state index contributed by atoms with van der Waals surface area (Å²) in [5.74, 6) is 0.808. The lowest BCUT2D eigenvalue weighted by Gasteiger charge is -2.29. The van der Waals surface area contributed by atoms with Gasteiger partial charge in [0.1, 0.15) is 6.04 Å². The third-order valence-corrected chi connectivity index (χ3v) is 5.81. The minimum atomic E-state index is -0.300. The summed E-state index contributed by atoms with van der Waals surface area (Å²) in [7, 11) is 0. The summed E-state index contributed by atoms with van der Waals surface area (Å²) >= 11 is 1.73. The smallest absolute Gasteiger partial charge is 0.243 e. The van der Waals surface area contributed by atoms with Crippen molar-refractivity contribution in [3.05, 3.63) is 35.9 Å². The van der Waals surface area contributed by atoms with E-state index in [1.807, 2.05) is 18.2 Å². The van der Waals surface area contributed by atoms with Crippen LogP contribution in [0.1, 0.15) is 25.3 Å². The quantitative estimate of drug-likeness (QED) is 0.923. The molecule has 2 aliphatic rings. The van der Waals surface area contributed by atoms with Gasteiger partial charge >= 0.3 is 0 Å². The van der Waals surface area contributed by atoms with Crippen LogP contribution in [0.3, 0.4) is 0 Å². The fraction of sp³-hybridized carbons (Fsp3) is 0.500. The molecule has 3 rings (SSSR count). The molecular weight excluding hydrogens is 284 g/mol. The first-order valence-electron chi connectivity index (χ1n) is 7.38. The van der Waals surface area contributed by atoms with E-state index in [2.05, 4.69) is 24.4 Å². The molecule has 2 aliphatic heterocycles. The Bertz CT molecular complexity index is 548. The molecule has 112 valence electrons. The van der Waals surface area contributed by atoms with E-state index in [-0.39, 0.29) is 22.7 Å². The van der Waals surface area contributed by atoms with E-state index < -0.39 is 0 Å². The number of thioether (sulfide) groups is 1. The van der Waals surface area contributed by atoms with Gasteiger partial charge in [0, 0.05) is 18.7 Å². The Morgan fingerprint density at radius 3 is 2.95 bits per heavy atom. The molecule has 0 aliphatic carbocycles. The van der Waals surface area contributed by atoms with E-state index in [0.29, 0.717) is 18.7 Å². The van der Waals surface area contributed by atoms with Gasteiger partial charge in [-0.2, -0.15) is 0 Å². The van der Waals surface area contributed by atoms with Gasteiger partial charge in [0.25, 0.3) is 0 Å². The molecule has 0 radical (unpaired) electrons. The fourth-order valence-corrected chi connectivity index (χ4v) is 4.54. The number of amides is 2. The lowest BCUT2D eigenvalue weighted by atomic mass is 10.1. The summed E-state index contributed by atoms with van der Waals surface area (Å²) in [5.41, 5.74) is 1.21. The van der Waals surface area contributed by atoms with Gasteiger partial charge in [-0.15, -0.1) is 11.8 Å². The monoisotopic (exact) mass is 304 g/mol. The average molecular weight is 304 g/mol. The molecule has 0 spiro atoms.